The molecule has 0 radical (unpaired) electrons. The predicted octanol–water partition coefficient (Wildman–Crippen LogP) is 3.63. The largest absolute Gasteiger partial charge is 0.352 e. The minimum absolute atomic E-state index is 0.221. The highest BCUT2D eigenvalue weighted by molar-refractivity contribution is 5.78. The van der Waals surface area contributed by atoms with Gasteiger partial charge in [0.2, 0.25) is 5.91 Å². The first-order valence-electron chi connectivity index (χ1n) is 10.2. The van der Waals surface area contributed by atoms with Crippen molar-refractivity contribution in [1.29, 1.82) is 0 Å². The molecule has 5 fully saturated rings. The van der Waals surface area contributed by atoms with Gasteiger partial charge >= 0.3 is 0 Å². The highest BCUT2D eigenvalue weighted by Gasteiger charge is 2.53. The molecule has 1 amide bonds. The summed E-state index contributed by atoms with van der Waals surface area (Å²) in [5, 5.41) is 6.86. The predicted molar refractivity (Wildman–Crippen MR) is 93.1 cm³/mol. The summed E-state index contributed by atoms with van der Waals surface area (Å²) in [6.07, 6.45) is 15.0. The fourth-order valence-corrected chi connectivity index (χ4v) is 6.70. The van der Waals surface area contributed by atoms with E-state index in [0.29, 0.717) is 24.0 Å². The molecular formula is C20H34N2O. The maximum absolute atomic E-state index is 12.4. The van der Waals surface area contributed by atoms with E-state index in [1.54, 1.807) is 0 Å². The number of hydrogen-bond donors (Lipinski definition) is 2. The van der Waals surface area contributed by atoms with Crippen molar-refractivity contribution in [2.75, 3.05) is 6.54 Å². The van der Waals surface area contributed by atoms with Crippen LogP contribution in [0.15, 0.2) is 0 Å². The summed E-state index contributed by atoms with van der Waals surface area (Å²) < 4.78 is 0. The van der Waals surface area contributed by atoms with E-state index in [9.17, 15) is 4.79 Å². The average Bonchev–Trinajstić information content (AvgIpc) is 2.52. The van der Waals surface area contributed by atoms with E-state index in [0.717, 1.165) is 17.8 Å². The van der Waals surface area contributed by atoms with E-state index < -0.39 is 0 Å². The van der Waals surface area contributed by atoms with Crippen LogP contribution in [0.4, 0.5) is 0 Å². The second kappa shape index (κ2) is 6.38. The van der Waals surface area contributed by atoms with Gasteiger partial charge in [-0.15, -0.1) is 0 Å². The SMILES string of the molecule is C[C@H](NC(=O)CNC1CCCCC1)C12CC3CC(CC(C3)C1)C2. The first-order chi connectivity index (χ1) is 11.1. The highest BCUT2D eigenvalue weighted by Crippen LogP contribution is 2.61. The third-order valence-corrected chi connectivity index (χ3v) is 7.54. The molecule has 0 spiro atoms. The lowest BCUT2D eigenvalue weighted by Crippen LogP contribution is -2.56. The van der Waals surface area contributed by atoms with Crippen molar-refractivity contribution in [3.05, 3.63) is 0 Å². The lowest BCUT2D eigenvalue weighted by atomic mass is 9.48. The maximum Gasteiger partial charge on any atom is 0.234 e. The Hall–Kier alpha value is -0.570. The molecule has 0 heterocycles. The summed E-state index contributed by atoms with van der Waals surface area (Å²) in [7, 11) is 0. The maximum atomic E-state index is 12.4. The van der Waals surface area contributed by atoms with Crippen LogP contribution in [0.25, 0.3) is 0 Å². The fraction of sp³-hybridized carbons (Fsp3) is 0.950. The number of hydrogen-bond acceptors (Lipinski definition) is 2. The van der Waals surface area contributed by atoms with Crippen molar-refractivity contribution in [2.45, 2.75) is 89.6 Å². The van der Waals surface area contributed by atoms with Crippen LogP contribution in [0.5, 0.6) is 0 Å². The standard InChI is InChI=1S/C20H34N2O/c1-14(22-19(23)13-21-18-5-3-2-4-6-18)20-10-15-7-16(11-20)9-17(8-15)12-20/h14-18,21H,2-13H2,1H3,(H,22,23)/t14-,15?,16?,17?,20?/m0/s1. The number of rotatable bonds is 5. The molecule has 3 nitrogen and oxygen atoms in total. The van der Waals surface area contributed by atoms with E-state index in [1.165, 1.54) is 70.6 Å². The molecule has 5 rings (SSSR count). The van der Waals surface area contributed by atoms with Crippen LogP contribution in [0, 0.1) is 23.2 Å². The Bertz CT molecular complexity index is 406. The molecule has 0 aromatic carbocycles. The van der Waals surface area contributed by atoms with E-state index in [-0.39, 0.29) is 5.91 Å². The minimum Gasteiger partial charge on any atom is -0.352 e. The third-order valence-electron chi connectivity index (χ3n) is 7.54. The zero-order valence-corrected chi connectivity index (χ0v) is 14.8. The molecule has 5 aliphatic carbocycles. The monoisotopic (exact) mass is 318 g/mol. The van der Waals surface area contributed by atoms with Crippen LogP contribution in [0.2, 0.25) is 0 Å². The van der Waals surface area contributed by atoms with Gasteiger partial charge in [-0.05, 0) is 81.5 Å². The molecule has 5 saturated carbocycles. The lowest BCUT2D eigenvalue weighted by molar-refractivity contribution is -0.125. The summed E-state index contributed by atoms with van der Waals surface area (Å²) >= 11 is 0. The number of carbonyl (C=O) groups is 1. The molecule has 3 heteroatoms. The molecule has 0 aromatic rings. The number of nitrogens with one attached hydrogen (secondary N) is 2. The molecule has 0 aromatic heterocycles. The molecule has 1 atom stereocenters. The molecule has 5 aliphatic rings. The molecule has 130 valence electrons. The Morgan fingerprint density at radius 2 is 1.57 bits per heavy atom. The van der Waals surface area contributed by atoms with E-state index in [1.807, 2.05) is 0 Å². The minimum atomic E-state index is 0.221. The molecular weight excluding hydrogens is 284 g/mol. The summed E-state index contributed by atoms with van der Waals surface area (Å²) in [5.74, 6) is 3.10. The quantitative estimate of drug-likeness (QED) is 0.813. The van der Waals surface area contributed by atoms with E-state index in [2.05, 4.69) is 17.6 Å². The van der Waals surface area contributed by atoms with Crippen molar-refractivity contribution < 1.29 is 4.79 Å². The Balaban J connectivity index is 1.29. The topological polar surface area (TPSA) is 41.1 Å². The van der Waals surface area contributed by atoms with Gasteiger partial charge in [-0.25, -0.2) is 0 Å². The van der Waals surface area contributed by atoms with Crippen LogP contribution in [-0.4, -0.2) is 24.5 Å². The van der Waals surface area contributed by atoms with Crippen LogP contribution in [0.3, 0.4) is 0 Å². The van der Waals surface area contributed by atoms with Gasteiger partial charge in [-0.1, -0.05) is 19.3 Å². The van der Waals surface area contributed by atoms with Crippen molar-refractivity contribution in [1.82, 2.24) is 10.6 Å². The summed E-state index contributed by atoms with van der Waals surface area (Å²) in [6, 6.07) is 0.931. The third kappa shape index (κ3) is 3.31. The molecule has 4 bridgehead atoms. The van der Waals surface area contributed by atoms with Gasteiger partial charge in [0.1, 0.15) is 0 Å². The lowest BCUT2D eigenvalue weighted by Gasteiger charge is -2.59. The normalized spacial score (nSPS) is 41.0. The van der Waals surface area contributed by atoms with Crippen molar-refractivity contribution in [3.63, 3.8) is 0 Å². The van der Waals surface area contributed by atoms with Crippen molar-refractivity contribution in [3.8, 4) is 0 Å². The second-order valence-corrected chi connectivity index (χ2v) is 9.28. The van der Waals surface area contributed by atoms with Crippen LogP contribution in [-0.2, 0) is 4.79 Å². The molecule has 23 heavy (non-hydrogen) atoms. The number of amides is 1. The smallest absolute Gasteiger partial charge is 0.234 e. The Morgan fingerprint density at radius 3 is 2.13 bits per heavy atom. The van der Waals surface area contributed by atoms with E-state index in [4.69, 9.17) is 0 Å². The van der Waals surface area contributed by atoms with Crippen LogP contribution < -0.4 is 10.6 Å². The van der Waals surface area contributed by atoms with Crippen molar-refractivity contribution in [2.24, 2.45) is 23.2 Å². The molecule has 0 aliphatic heterocycles. The van der Waals surface area contributed by atoms with Gasteiger partial charge in [0.05, 0.1) is 6.54 Å². The van der Waals surface area contributed by atoms with Gasteiger partial charge in [-0.2, -0.15) is 0 Å². The molecule has 0 unspecified atom stereocenters. The Kier molecular flexibility index (Phi) is 4.42. The summed E-state index contributed by atoms with van der Waals surface area (Å²) in [5.41, 5.74) is 0.426. The van der Waals surface area contributed by atoms with Crippen LogP contribution >= 0.6 is 0 Å². The second-order valence-electron chi connectivity index (χ2n) is 9.28. The van der Waals surface area contributed by atoms with Crippen LogP contribution in [0.1, 0.15) is 77.6 Å². The number of carbonyl (C=O) groups excluding carboxylic acids is 1. The first-order valence-corrected chi connectivity index (χ1v) is 10.2. The summed E-state index contributed by atoms with van der Waals surface area (Å²) in [4.78, 5) is 12.4. The van der Waals surface area contributed by atoms with Gasteiger partial charge in [0, 0.05) is 12.1 Å². The van der Waals surface area contributed by atoms with Crippen molar-refractivity contribution >= 4 is 5.91 Å². The first kappa shape index (κ1) is 15.9. The average molecular weight is 319 g/mol. The van der Waals surface area contributed by atoms with Gasteiger partial charge in [-0.3, -0.25) is 4.79 Å². The highest BCUT2D eigenvalue weighted by atomic mass is 16.2. The fourth-order valence-electron chi connectivity index (χ4n) is 6.70. The molecule has 2 N–H and O–H groups in total. The van der Waals surface area contributed by atoms with Gasteiger partial charge in [0.25, 0.3) is 0 Å². The van der Waals surface area contributed by atoms with Gasteiger partial charge in [0.15, 0.2) is 0 Å². The Labute approximate surface area is 141 Å². The van der Waals surface area contributed by atoms with E-state index >= 15 is 0 Å². The van der Waals surface area contributed by atoms with Gasteiger partial charge < -0.3 is 10.6 Å². The molecule has 0 saturated heterocycles. The Morgan fingerprint density at radius 1 is 1.00 bits per heavy atom. The zero-order chi connectivity index (χ0) is 15.9. The zero-order valence-electron chi connectivity index (χ0n) is 14.8. The summed E-state index contributed by atoms with van der Waals surface area (Å²) in [6.45, 7) is 2.80.